The number of nitrogens with two attached hydrogens (primary N) is 1. The van der Waals surface area contributed by atoms with Crippen molar-refractivity contribution >= 4 is 17.5 Å². The fourth-order valence-corrected chi connectivity index (χ4v) is 2.90. The van der Waals surface area contributed by atoms with Crippen molar-refractivity contribution in [1.82, 2.24) is 5.32 Å². The molecule has 0 spiro atoms. The van der Waals surface area contributed by atoms with Gasteiger partial charge in [0.05, 0.1) is 5.54 Å². The second-order valence-corrected chi connectivity index (χ2v) is 5.32. The number of amides is 1. The molecular weight excluding hydrogens is 248 g/mol. The van der Waals surface area contributed by atoms with Gasteiger partial charge in [-0.15, -0.1) is 0 Å². The van der Waals surface area contributed by atoms with Gasteiger partial charge in [-0.25, -0.2) is 0 Å². The summed E-state index contributed by atoms with van der Waals surface area (Å²) in [5, 5.41) is 3.87. The molecule has 4 heteroatoms. The van der Waals surface area contributed by atoms with E-state index >= 15 is 0 Å². The average molecular weight is 267 g/mol. The lowest BCUT2D eigenvalue weighted by Gasteiger charge is -2.31. The lowest BCUT2D eigenvalue weighted by atomic mass is 9.88. The minimum atomic E-state index is -0.239. The number of hydrogen-bond donors (Lipinski definition) is 2. The van der Waals surface area contributed by atoms with E-state index < -0.39 is 0 Å². The predicted molar refractivity (Wildman–Crippen MR) is 73.4 cm³/mol. The van der Waals surface area contributed by atoms with Crippen molar-refractivity contribution in [1.29, 1.82) is 0 Å². The van der Waals surface area contributed by atoms with Crippen LogP contribution in [0.25, 0.3) is 0 Å². The van der Waals surface area contributed by atoms with Crippen molar-refractivity contribution in [3.63, 3.8) is 0 Å². The maximum atomic E-state index is 11.8. The Kier molecular flexibility index (Phi) is 4.25. The summed E-state index contributed by atoms with van der Waals surface area (Å²) in [4.78, 5) is 11.8. The highest BCUT2D eigenvalue weighted by Crippen LogP contribution is 2.39. The van der Waals surface area contributed by atoms with Gasteiger partial charge in [0.2, 0.25) is 5.91 Å². The average Bonchev–Trinajstić information content (AvgIpc) is 2.79. The first-order chi connectivity index (χ1) is 8.66. The van der Waals surface area contributed by atoms with Gasteiger partial charge >= 0.3 is 0 Å². The molecule has 2 rings (SSSR count). The van der Waals surface area contributed by atoms with Gasteiger partial charge in [-0.2, -0.15) is 0 Å². The lowest BCUT2D eigenvalue weighted by molar-refractivity contribution is -0.122. The molecule has 1 aliphatic rings. The topological polar surface area (TPSA) is 55.1 Å². The minimum absolute atomic E-state index is 0.0272. The molecule has 18 heavy (non-hydrogen) atoms. The molecule has 1 fully saturated rings. The van der Waals surface area contributed by atoms with Crippen LogP contribution in [0.3, 0.4) is 0 Å². The first-order valence-electron chi connectivity index (χ1n) is 6.43. The predicted octanol–water partition coefficient (Wildman–Crippen LogP) is 2.57. The molecule has 0 saturated heterocycles. The van der Waals surface area contributed by atoms with E-state index in [0.717, 1.165) is 31.2 Å². The van der Waals surface area contributed by atoms with Gasteiger partial charge in [-0.1, -0.05) is 36.6 Å². The largest absolute Gasteiger partial charge is 0.347 e. The Hall–Kier alpha value is -1.06. The summed E-state index contributed by atoms with van der Waals surface area (Å²) in [5.74, 6) is 0.0272. The van der Waals surface area contributed by atoms with Crippen LogP contribution in [0.5, 0.6) is 0 Å². The number of benzene rings is 1. The Labute approximate surface area is 113 Å². The molecule has 98 valence electrons. The van der Waals surface area contributed by atoms with Gasteiger partial charge in [0.1, 0.15) is 0 Å². The van der Waals surface area contributed by atoms with E-state index in [1.54, 1.807) is 0 Å². The standard InChI is InChI=1S/C14H19ClN2O/c15-12-5-3-4-11(10-12)14(7-1-2-8-14)17-13(18)6-9-16/h3-5,10H,1-2,6-9,16H2,(H,17,18). The fraction of sp³-hybridized carbons (Fsp3) is 0.500. The molecule has 0 atom stereocenters. The van der Waals surface area contributed by atoms with Crippen LogP contribution in [0.15, 0.2) is 24.3 Å². The van der Waals surface area contributed by atoms with Crippen LogP contribution < -0.4 is 11.1 Å². The number of halogens is 1. The van der Waals surface area contributed by atoms with Crippen LogP contribution in [-0.4, -0.2) is 12.5 Å². The van der Waals surface area contributed by atoms with Crippen LogP contribution in [0, 0.1) is 0 Å². The number of nitrogens with one attached hydrogen (secondary N) is 1. The second-order valence-electron chi connectivity index (χ2n) is 4.89. The summed E-state index contributed by atoms with van der Waals surface area (Å²) in [6.45, 7) is 0.386. The molecule has 1 aromatic carbocycles. The van der Waals surface area contributed by atoms with E-state index in [1.807, 2.05) is 24.3 Å². The third-order valence-corrected chi connectivity index (χ3v) is 3.82. The molecule has 1 saturated carbocycles. The molecule has 3 nitrogen and oxygen atoms in total. The van der Waals surface area contributed by atoms with Gasteiger partial charge in [0.25, 0.3) is 0 Å². The van der Waals surface area contributed by atoms with E-state index in [1.165, 1.54) is 0 Å². The summed E-state index contributed by atoms with van der Waals surface area (Å²) in [5.41, 5.74) is 6.30. The molecule has 0 aromatic heterocycles. The van der Waals surface area contributed by atoms with Crippen molar-refractivity contribution in [2.75, 3.05) is 6.54 Å². The zero-order chi connectivity index (χ0) is 13.0. The molecule has 0 bridgehead atoms. The minimum Gasteiger partial charge on any atom is -0.347 e. The maximum absolute atomic E-state index is 11.8. The first-order valence-corrected chi connectivity index (χ1v) is 6.81. The molecule has 0 unspecified atom stereocenters. The summed E-state index contributed by atoms with van der Waals surface area (Å²) < 4.78 is 0. The summed E-state index contributed by atoms with van der Waals surface area (Å²) in [6.07, 6.45) is 4.60. The number of rotatable bonds is 4. The molecule has 0 heterocycles. The molecule has 0 aliphatic heterocycles. The summed E-state index contributed by atoms with van der Waals surface area (Å²) in [7, 11) is 0. The Morgan fingerprint density at radius 1 is 1.39 bits per heavy atom. The third-order valence-electron chi connectivity index (χ3n) is 3.58. The highest BCUT2D eigenvalue weighted by molar-refractivity contribution is 6.30. The highest BCUT2D eigenvalue weighted by atomic mass is 35.5. The number of hydrogen-bond acceptors (Lipinski definition) is 2. The second kappa shape index (κ2) is 5.72. The van der Waals surface area contributed by atoms with Gasteiger partial charge < -0.3 is 11.1 Å². The lowest BCUT2D eigenvalue weighted by Crippen LogP contribution is -2.44. The number of carbonyl (C=O) groups is 1. The Balaban J connectivity index is 2.24. The van der Waals surface area contributed by atoms with Gasteiger partial charge in [0, 0.05) is 18.0 Å². The smallest absolute Gasteiger partial charge is 0.221 e. The van der Waals surface area contributed by atoms with Crippen molar-refractivity contribution in [3.05, 3.63) is 34.9 Å². The van der Waals surface area contributed by atoms with E-state index in [4.69, 9.17) is 17.3 Å². The monoisotopic (exact) mass is 266 g/mol. The summed E-state index contributed by atoms with van der Waals surface area (Å²) in [6, 6.07) is 7.79. The molecule has 0 radical (unpaired) electrons. The highest BCUT2D eigenvalue weighted by Gasteiger charge is 2.36. The molecule has 1 aliphatic carbocycles. The normalized spacial score (nSPS) is 17.7. The van der Waals surface area contributed by atoms with Gasteiger partial charge in [-0.05, 0) is 30.5 Å². The molecular formula is C14H19ClN2O. The Morgan fingerprint density at radius 3 is 2.72 bits per heavy atom. The molecule has 1 amide bonds. The Bertz CT molecular complexity index is 428. The molecule has 1 aromatic rings. The zero-order valence-electron chi connectivity index (χ0n) is 10.4. The van der Waals surface area contributed by atoms with Crippen LogP contribution in [0.2, 0.25) is 5.02 Å². The number of carbonyl (C=O) groups excluding carboxylic acids is 1. The van der Waals surface area contributed by atoms with Crippen LogP contribution >= 0.6 is 11.6 Å². The fourth-order valence-electron chi connectivity index (χ4n) is 2.71. The van der Waals surface area contributed by atoms with E-state index in [-0.39, 0.29) is 11.4 Å². The van der Waals surface area contributed by atoms with E-state index in [0.29, 0.717) is 18.0 Å². The molecule has 3 N–H and O–H groups in total. The first kappa shape index (κ1) is 13.4. The van der Waals surface area contributed by atoms with Crippen molar-refractivity contribution < 1.29 is 4.79 Å². The Morgan fingerprint density at radius 2 is 2.11 bits per heavy atom. The van der Waals surface area contributed by atoms with Crippen LogP contribution in [0.1, 0.15) is 37.7 Å². The zero-order valence-corrected chi connectivity index (χ0v) is 11.2. The van der Waals surface area contributed by atoms with Crippen LogP contribution in [0.4, 0.5) is 0 Å². The van der Waals surface area contributed by atoms with E-state index in [2.05, 4.69) is 5.32 Å². The quantitative estimate of drug-likeness (QED) is 0.880. The SMILES string of the molecule is NCCC(=O)NC1(c2cccc(Cl)c2)CCCC1. The van der Waals surface area contributed by atoms with Crippen LogP contribution in [-0.2, 0) is 10.3 Å². The van der Waals surface area contributed by atoms with Gasteiger partial charge in [-0.3, -0.25) is 4.79 Å². The summed E-state index contributed by atoms with van der Waals surface area (Å²) >= 11 is 6.05. The van der Waals surface area contributed by atoms with Gasteiger partial charge in [0.15, 0.2) is 0 Å². The van der Waals surface area contributed by atoms with E-state index in [9.17, 15) is 4.79 Å². The van der Waals surface area contributed by atoms with Crippen molar-refractivity contribution in [3.8, 4) is 0 Å². The maximum Gasteiger partial charge on any atom is 0.221 e. The van der Waals surface area contributed by atoms with Crippen molar-refractivity contribution in [2.45, 2.75) is 37.6 Å². The third kappa shape index (κ3) is 2.85. The van der Waals surface area contributed by atoms with Crippen molar-refractivity contribution in [2.24, 2.45) is 5.73 Å².